The quantitative estimate of drug-likeness (QED) is 0.515. The van der Waals surface area contributed by atoms with Crippen LogP contribution >= 0.6 is 0 Å². The van der Waals surface area contributed by atoms with Gasteiger partial charge in [0.1, 0.15) is 0 Å². The molecule has 0 aliphatic carbocycles. The molecule has 6 heteroatoms. The Hall–Kier alpha value is -2.82. The second kappa shape index (κ2) is 7.17. The van der Waals surface area contributed by atoms with E-state index in [1.165, 1.54) is 0 Å². The Morgan fingerprint density at radius 2 is 2.08 bits per heavy atom. The molecule has 122 valence electrons. The molecule has 24 heavy (non-hydrogen) atoms. The molecule has 6 nitrogen and oxygen atoms in total. The highest BCUT2D eigenvalue weighted by Crippen LogP contribution is 2.37. The lowest BCUT2D eigenvalue weighted by Crippen LogP contribution is -2.34. The van der Waals surface area contributed by atoms with E-state index in [1.807, 2.05) is 30.3 Å². The highest BCUT2D eigenvalue weighted by atomic mass is 16.2. The standard InChI is InChI=1S/C18H19N5O/c1-2-10-23-12-17(24)20-16-9-8-14(21-22-19)11-15(16)18(23)13-6-4-3-5-7-13/h3-9,11,18H,2,10,12H2,1H3,(H,20,24). The maximum atomic E-state index is 12.3. The first kappa shape index (κ1) is 16.1. The third-order valence-electron chi connectivity index (χ3n) is 4.10. The zero-order valence-corrected chi connectivity index (χ0v) is 13.5. The summed E-state index contributed by atoms with van der Waals surface area (Å²) in [4.78, 5) is 17.3. The first-order valence-corrected chi connectivity index (χ1v) is 8.01. The van der Waals surface area contributed by atoms with Gasteiger partial charge in [-0.1, -0.05) is 48.4 Å². The zero-order chi connectivity index (χ0) is 16.9. The van der Waals surface area contributed by atoms with Crippen LogP contribution in [0.2, 0.25) is 0 Å². The molecule has 1 aliphatic heterocycles. The Morgan fingerprint density at radius 1 is 1.29 bits per heavy atom. The van der Waals surface area contributed by atoms with Crippen molar-refractivity contribution in [2.45, 2.75) is 19.4 Å². The van der Waals surface area contributed by atoms with E-state index in [0.717, 1.165) is 29.8 Å². The van der Waals surface area contributed by atoms with Crippen molar-refractivity contribution in [2.75, 3.05) is 18.4 Å². The van der Waals surface area contributed by atoms with Gasteiger partial charge in [-0.3, -0.25) is 9.69 Å². The molecule has 2 aromatic carbocycles. The number of carbonyl (C=O) groups is 1. The minimum Gasteiger partial charge on any atom is -0.325 e. The van der Waals surface area contributed by atoms with Crippen molar-refractivity contribution in [3.05, 3.63) is 70.1 Å². The number of benzene rings is 2. The maximum Gasteiger partial charge on any atom is 0.238 e. The molecule has 1 atom stereocenters. The van der Waals surface area contributed by atoms with E-state index in [1.54, 1.807) is 6.07 Å². The molecule has 0 spiro atoms. The predicted molar refractivity (Wildman–Crippen MR) is 94.0 cm³/mol. The number of amides is 1. The van der Waals surface area contributed by atoms with Gasteiger partial charge in [-0.2, -0.15) is 0 Å². The van der Waals surface area contributed by atoms with Crippen LogP contribution in [0.1, 0.15) is 30.5 Å². The first-order valence-electron chi connectivity index (χ1n) is 8.01. The fraction of sp³-hybridized carbons (Fsp3) is 0.278. The number of anilines is 1. The number of hydrogen-bond acceptors (Lipinski definition) is 3. The van der Waals surface area contributed by atoms with E-state index in [4.69, 9.17) is 5.53 Å². The van der Waals surface area contributed by atoms with E-state index in [0.29, 0.717) is 12.2 Å². The monoisotopic (exact) mass is 321 g/mol. The Morgan fingerprint density at radius 3 is 2.79 bits per heavy atom. The highest BCUT2D eigenvalue weighted by Gasteiger charge is 2.29. The number of carbonyl (C=O) groups excluding carboxylic acids is 1. The third kappa shape index (κ3) is 3.25. The van der Waals surface area contributed by atoms with Crippen molar-refractivity contribution in [3.63, 3.8) is 0 Å². The number of fused-ring (bicyclic) bond motifs is 1. The van der Waals surface area contributed by atoms with Crippen LogP contribution in [-0.4, -0.2) is 23.9 Å². The second-order valence-electron chi connectivity index (χ2n) is 5.79. The van der Waals surface area contributed by atoms with E-state index < -0.39 is 0 Å². The molecule has 0 aromatic heterocycles. The zero-order valence-electron chi connectivity index (χ0n) is 13.5. The molecule has 2 aromatic rings. The maximum absolute atomic E-state index is 12.3. The van der Waals surface area contributed by atoms with Crippen LogP contribution in [-0.2, 0) is 4.79 Å². The Bertz CT molecular complexity index is 783. The summed E-state index contributed by atoms with van der Waals surface area (Å²) >= 11 is 0. The van der Waals surface area contributed by atoms with Crippen molar-refractivity contribution in [3.8, 4) is 0 Å². The third-order valence-corrected chi connectivity index (χ3v) is 4.10. The molecule has 0 saturated carbocycles. The van der Waals surface area contributed by atoms with Crippen LogP contribution in [0.15, 0.2) is 53.6 Å². The van der Waals surface area contributed by atoms with Gasteiger partial charge < -0.3 is 5.32 Å². The molecule has 1 heterocycles. The lowest BCUT2D eigenvalue weighted by Gasteiger charge is -2.30. The fourth-order valence-corrected chi connectivity index (χ4v) is 3.19. The summed E-state index contributed by atoms with van der Waals surface area (Å²) in [6.45, 7) is 3.24. The summed E-state index contributed by atoms with van der Waals surface area (Å²) in [5.41, 5.74) is 12.1. The van der Waals surface area contributed by atoms with Crippen LogP contribution in [0, 0.1) is 0 Å². The number of nitrogens with zero attached hydrogens (tertiary/aromatic N) is 4. The van der Waals surface area contributed by atoms with Crippen molar-refractivity contribution in [1.82, 2.24) is 4.90 Å². The number of hydrogen-bond donors (Lipinski definition) is 1. The molecule has 0 fully saturated rings. The summed E-state index contributed by atoms with van der Waals surface area (Å²) in [5.74, 6) is -0.0281. The summed E-state index contributed by atoms with van der Waals surface area (Å²) < 4.78 is 0. The van der Waals surface area contributed by atoms with Gasteiger partial charge in [-0.15, -0.1) is 0 Å². The lowest BCUT2D eigenvalue weighted by molar-refractivity contribution is -0.117. The van der Waals surface area contributed by atoms with Crippen molar-refractivity contribution in [2.24, 2.45) is 5.11 Å². The molecule has 0 saturated heterocycles. The van der Waals surface area contributed by atoms with E-state index in [2.05, 4.69) is 39.3 Å². The number of nitrogens with one attached hydrogen (secondary N) is 1. The minimum atomic E-state index is -0.0612. The molecular weight excluding hydrogens is 302 g/mol. The average molecular weight is 321 g/mol. The smallest absolute Gasteiger partial charge is 0.238 e. The average Bonchev–Trinajstić information content (AvgIpc) is 2.71. The normalized spacial score (nSPS) is 17.4. The molecule has 1 N–H and O–H groups in total. The van der Waals surface area contributed by atoms with Crippen LogP contribution in [0.4, 0.5) is 11.4 Å². The predicted octanol–water partition coefficient (Wildman–Crippen LogP) is 4.38. The topological polar surface area (TPSA) is 81.1 Å². The van der Waals surface area contributed by atoms with Crippen molar-refractivity contribution >= 4 is 17.3 Å². The molecular formula is C18H19N5O. The largest absolute Gasteiger partial charge is 0.325 e. The van der Waals surface area contributed by atoms with E-state index in [9.17, 15) is 4.79 Å². The van der Waals surface area contributed by atoms with Gasteiger partial charge in [0, 0.05) is 16.3 Å². The van der Waals surface area contributed by atoms with E-state index in [-0.39, 0.29) is 11.9 Å². The summed E-state index contributed by atoms with van der Waals surface area (Å²) in [5, 5.41) is 6.68. The van der Waals surface area contributed by atoms with Crippen LogP contribution in [0.5, 0.6) is 0 Å². The molecule has 0 bridgehead atoms. The molecule has 0 radical (unpaired) electrons. The Kier molecular flexibility index (Phi) is 4.79. The van der Waals surface area contributed by atoms with Gasteiger partial charge in [0.15, 0.2) is 0 Å². The molecule has 1 amide bonds. The fourth-order valence-electron chi connectivity index (χ4n) is 3.19. The number of azide groups is 1. The Labute approximate surface area is 140 Å². The molecule has 3 rings (SSSR count). The lowest BCUT2D eigenvalue weighted by atomic mass is 9.95. The van der Waals surface area contributed by atoms with E-state index >= 15 is 0 Å². The minimum absolute atomic E-state index is 0.0281. The SMILES string of the molecule is CCCN1CC(=O)Nc2ccc(N=[N+]=[N-])cc2C1c1ccccc1. The van der Waals surface area contributed by atoms with Gasteiger partial charge >= 0.3 is 0 Å². The van der Waals surface area contributed by atoms with Crippen LogP contribution < -0.4 is 5.32 Å². The van der Waals surface area contributed by atoms with Gasteiger partial charge in [0.05, 0.1) is 12.6 Å². The summed E-state index contributed by atoms with van der Waals surface area (Å²) in [6.07, 6.45) is 0.946. The Balaban J connectivity index is 2.18. The van der Waals surface area contributed by atoms with Crippen molar-refractivity contribution in [1.29, 1.82) is 0 Å². The second-order valence-corrected chi connectivity index (χ2v) is 5.79. The van der Waals surface area contributed by atoms with Crippen molar-refractivity contribution < 1.29 is 4.79 Å². The van der Waals surface area contributed by atoms with Gasteiger partial charge in [0.2, 0.25) is 5.91 Å². The van der Waals surface area contributed by atoms with Gasteiger partial charge in [-0.25, -0.2) is 0 Å². The highest BCUT2D eigenvalue weighted by molar-refractivity contribution is 5.94. The number of rotatable bonds is 4. The molecule has 1 unspecified atom stereocenters. The molecule has 1 aliphatic rings. The van der Waals surface area contributed by atoms with Crippen LogP contribution in [0.25, 0.3) is 10.4 Å². The van der Waals surface area contributed by atoms with Crippen LogP contribution in [0.3, 0.4) is 0 Å². The van der Waals surface area contributed by atoms with Gasteiger partial charge in [-0.05, 0) is 41.8 Å². The first-order chi connectivity index (χ1) is 11.7. The summed E-state index contributed by atoms with van der Waals surface area (Å²) in [7, 11) is 0. The van der Waals surface area contributed by atoms with Gasteiger partial charge in [0.25, 0.3) is 0 Å². The summed E-state index contributed by atoms with van der Waals surface area (Å²) in [6, 6.07) is 15.4.